The first kappa shape index (κ1) is 14.9. The molecule has 0 unspecified atom stereocenters. The Morgan fingerprint density at radius 2 is 1.70 bits per heavy atom. The number of carbonyl (C=O) groups is 1. The predicted octanol–water partition coefficient (Wildman–Crippen LogP) is 4.52. The number of hydrogen-bond donors (Lipinski definition) is 1. The van der Waals surface area contributed by atoms with Crippen LogP contribution in [0.15, 0.2) is 72.8 Å². The molecule has 0 aromatic heterocycles. The monoisotopic (exact) mass is 304 g/mol. The van der Waals surface area contributed by atoms with Gasteiger partial charge in [-0.1, -0.05) is 60.7 Å². The van der Waals surface area contributed by atoms with E-state index in [1.165, 1.54) is 5.39 Å². The number of rotatable bonds is 5. The molecule has 0 heterocycles. The number of hydrogen-bond acceptors (Lipinski definition) is 2. The van der Waals surface area contributed by atoms with E-state index in [4.69, 9.17) is 9.84 Å². The maximum absolute atomic E-state index is 10.7. The molecule has 0 amide bonds. The predicted molar refractivity (Wildman–Crippen MR) is 91.4 cm³/mol. The van der Waals surface area contributed by atoms with Gasteiger partial charge in [0.1, 0.15) is 12.4 Å². The second-order valence-electron chi connectivity index (χ2n) is 5.14. The summed E-state index contributed by atoms with van der Waals surface area (Å²) in [7, 11) is 0. The minimum absolute atomic E-state index is 0.430. The molecular weight excluding hydrogens is 288 g/mol. The van der Waals surface area contributed by atoms with E-state index in [1.807, 2.05) is 48.5 Å². The van der Waals surface area contributed by atoms with Crippen LogP contribution in [0.3, 0.4) is 0 Å². The molecule has 0 aliphatic carbocycles. The van der Waals surface area contributed by atoms with Gasteiger partial charge in [-0.05, 0) is 28.5 Å². The molecule has 0 saturated heterocycles. The number of carboxylic acids is 1. The standard InChI is InChI=1S/C20H16O3/c21-20(22)13-12-16-7-2-4-11-19(16)23-14-17-9-5-8-15-6-1-3-10-18(15)17/h1-13H,14H2,(H,21,22). The molecule has 0 bridgehead atoms. The topological polar surface area (TPSA) is 46.5 Å². The van der Waals surface area contributed by atoms with Crippen molar-refractivity contribution >= 4 is 22.8 Å². The van der Waals surface area contributed by atoms with Crippen LogP contribution in [0.4, 0.5) is 0 Å². The molecule has 3 nitrogen and oxygen atoms in total. The van der Waals surface area contributed by atoms with E-state index in [-0.39, 0.29) is 0 Å². The fourth-order valence-corrected chi connectivity index (χ4v) is 2.48. The van der Waals surface area contributed by atoms with Gasteiger partial charge in [0.25, 0.3) is 0 Å². The number of fused-ring (bicyclic) bond motifs is 1. The van der Waals surface area contributed by atoms with E-state index in [1.54, 1.807) is 6.08 Å². The molecule has 0 aliphatic rings. The number of carboxylic acid groups (broad SMARTS) is 1. The summed E-state index contributed by atoms with van der Waals surface area (Å²) in [6.07, 6.45) is 2.65. The van der Waals surface area contributed by atoms with Crippen molar-refractivity contribution in [2.45, 2.75) is 6.61 Å². The Hall–Kier alpha value is -3.07. The number of benzene rings is 3. The molecule has 1 N–H and O–H groups in total. The summed E-state index contributed by atoms with van der Waals surface area (Å²) in [4.78, 5) is 10.7. The third-order valence-electron chi connectivity index (χ3n) is 3.59. The average Bonchev–Trinajstić information content (AvgIpc) is 2.58. The molecule has 0 aliphatic heterocycles. The highest BCUT2D eigenvalue weighted by Gasteiger charge is 2.04. The summed E-state index contributed by atoms with van der Waals surface area (Å²) in [5, 5.41) is 11.1. The molecule has 3 aromatic carbocycles. The Morgan fingerprint density at radius 3 is 2.57 bits per heavy atom. The van der Waals surface area contributed by atoms with Crippen molar-refractivity contribution in [1.29, 1.82) is 0 Å². The van der Waals surface area contributed by atoms with E-state index in [0.717, 1.165) is 22.6 Å². The summed E-state index contributed by atoms with van der Waals surface area (Å²) in [5.41, 5.74) is 1.84. The van der Waals surface area contributed by atoms with Crippen LogP contribution in [-0.4, -0.2) is 11.1 Å². The first-order valence-corrected chi connectivity index (χ1v) is 7.33. The smallest absolute Gasteiger partial charge is 0.328 e. The second kappa shape index (κ2) is 6.79. The van der Waals surface area contributed by atoms with Gasteiger partial charge in [-0.2, -0.15) is 0 Å². The van der Waals surface area contributed by atoms with Crippen molar-refractivity contribution in [1.82, 2.24) is 0 Å². The van der Waals surface area contributed by atoms with Crippen LogP contribution < -0.4 is 4.74 Å². The lowest BCUT2D eigenvalue weighted by Crippen LogP contribution is -1.98. The van der Waals surface area contributed by atoms with Crippen LogP contribution in [0.1, 0.15) is 11.1 Å². The maximum atomic E-state index is 10.7. The molecule has 0 radical (unpaired) electrons. The summed E-state index contributed by atoms with van der Waals surface area (Å²) < 4.78 is 5.92. The highest BCUT2D eigenvalue weighted by atomic mass is 16.5. The third-order valence-corrected chi connectivity index (χ3v) is 3.59. The molecule has 114 valence electrons. The number of ether oxygens (including phenoxy) is 1. The summed E-state index contributed by atoms with van der Waals surface area (Å²) >= 11 is 0. The van der Waals surface area contributed by atoms with Gasteiger partial charge in [0.15, 0.2) is 0 Å². The van der Waals surface area contributed by atoms with Crippen molar-refractivity contribution in [3.63, 3.8) is 0 Å². The van der Waals surface area contributed by atoms with Gasteiger partial charge < -0.3 is 9.84 Å². The van der Waals surface area contributed by atoms with Crippen molar-refractivity contribution < 1.29 is 14.6 Å². The zero-order chi connectivity index (χ0) is 16.1. The van der Waals surface area contributed by atoms with Crippen LogP contribution >= 0.6 is 0 Å². The van der Waals surface area contributed by atoms with E-state index in [2.05, 4.69) is 18.2 Å². The molecule has 0 fully saturated rings. The normalized spacial score (nSPS) is 11.0. The summed E-state index contributed by atoms with van der Waals surface area (Å²) in [6.45, 7) is 0.430. The fourth-order valence-electron chi connectivity index (χ4n) is 2.48. The van der Waals surface area contributed by atoms with E-state index in [0.29, 0.717) is 12.4 Å². The van der Waals surface area contributed by atoms with E-state index >= 15 is 0 Å². The van der Waals surface area contributed by atoms with Gasteiger partial charge in [0.2, 0.25) is 0 Å². The zero-order valence-corrected chi connectivity index (χ0v) is 12.5. The van der Waals surface area contributed by atoms with Crippen LogP contribution in [0.2, 0.25) is 0 Å². The van der Waals surface area contributed by atoms with Gasteiger partial charge >= 0.3 is 5.97 Å². The zero-order valence-electron chi connectivity index (χ0n) is 12.5. The largest absolute Gasteiger partial charge is 0.488 e. The number of aliphatic carboxylic acids is 1. The van der Waals surface area contributed by atoms with Gasteiger partial charge in [0.05, 0.1) is 0 Å². The van der Waals surface area contributed by atoms with Gasteiger partial charge in [-0.3, -0.25) is 0 Å². The highest BCUT2D eigenvalue weighted by molar-refractivity contribution is 5.86. The van der Waals surface area contributed by atoms with Crippen molar-refractivity contribution in [2.75, 3.05) is 0 Å². The van der Waals surface area contributed by atoms with Crippen molar-refractivity contribution in [3.05, 3.63) is 83.9 Å². The molecule has 3 aromatic rings. The van der Waals surface area contributed by atoms with Crippen LogP contribution in [-0.2, 0) is 11.4 Å². The van der Waals surface area contributed by atoms with Gasteiger partial charge in [-0.15, -0.1) is 0 Å². The highest BCUT2D eigenvalue weighted by Crippen LogP contribution is 2.23. The number of para-hydroxylation sites is 1. The Bertz CT molecular complexity index is 860. The van der Waals surface area contributed by atoms with Crippen LogP contribution in [0, 0.1) is 0 Å². The molecular formula is C20H16O3. The Balaban J connectivity index is 1.84. The van der Waals surface area contributed by atoms with Crippen LogP contribution in [0.25, 0.3) is 16.8 Å². The van der Waals surface area contributed by atoms with Gasteiger partial charge in [0, 0.05) is 11.6 Å². The SMILES string of the molecule is O=C(O)C=Cc1ccccc1OCc1cccc2ccccc12. The molecule has 23 heavy (non-hydrogen) atoms. The van der Waals surface area contributed by atoms with E-state index < -0.39 is 5.97 Å². The minimum Gasteiger partial charge on any atom is -0.488 e. The minimum atomic E-state index is -0.978. The Morgan fingerprint density at radius 1 is 0.957 bits per heavy atom. The van der Waals surface area contributed by atoms with Crippen molar-refractivity contribution in [2.24, 2.45) is 0 Å². The van der Waals surface area contributed by atoms with Crippen LogP contribution in [0.5, 0.6) is 5.75 Å². The Kier molecular flexibility index (Phi) is 4.39. The van der Waals surface area contributed by atoms with Gasteiger partial charge in [-0.25, -0.2) is 4.79 Å². The van der Waals surface area contributed by atoms with Crippen molar-refractivity contribution in [3.8, 4) is 5.75 Å². The summed E-state index contributed by atoms with van der Waals surface area (Å²) in [5.74, 6) is -0.313. The summed E-state index contributed by atoms with van der Waals surface area (Å²) in [6, 6.07) is 21.7. The first-order valence-electron chi connectivity index (χ1n) is 7.33. The molecule has 3 heteroatoms. The van der Waals surface area contributed by atoms with E-state index in [9.17, 15) is 4.79 Å². The third kappa shape index (κ3) is 3.58. The lowest BCUT2D eigenvalue weighted by atomic mass is 10.1. The Labute approximate surface area is 134 Å². The first-order chi connectivity index (χ1) is 11.2. The lowest BCUT2D eigenvalue weighted by Gasteiger charge is -2.11. The molecule has 3 rings (SSSR count). The quantitative estimate of drug-likeness (QED) is 0.705. The second-order valence-corrected chi connectivity index (χ2v) is 5.14. The molecule has 0 spiro atoms. The molecule has 0 saturated carbocycles. The maximum Gasteiger partial charge on any atom is 0.328 e. The molecule has 0 atom stereocenters. The lowest BCUT2D eigenvalue weighted by molar-refractivity contribution is -0.131. The average molecular weight is 304 g/mol. The fraction of sp³-hybridized carbons (Fsp3) is 0.0500.